The summed E-state index contributed by atoms with van der Waals surface area (Å²) in [6.07, 6.45) is 1.89. The molecule has 0 atom stereocenters. The van der Waals surface area contributed by atoms with Gasteiger partial charge >= 0.3 is 0 Å². The van der Waals surface area contributed by atoms with Crippen LogP contribution in [0.2, 0.25) is 0 Å². The molecule has 0 saturated heterocycles. The number of nitrogens with zero attached hydrogens (tertiary/aromatic N) is 4. The molecule has 0 aliphatic heterocycles. The van der Waals surface area contributed by atoms with E-state index >= 15 is 0 Å². The summed E-state index contributed by atoms with van der Waals surface area (Å²) in [5.74, 6) is 1.64. The molecule has 0 amide bonds. The van der Waals surface area contributed by atoms with E-state index < -0.39 is 0 Å². The minimum Gasteiger partial charge on any atom is -0.494 e. The second kappa shape index (κ2) is 5.78. The lowest BCUT2D eigenvalue weighted by molar-refractivity contribution is 0.340. The van der Waals surface area contributed by atoms with E-state index in [2.05, 4.69) is 15.5 Å². The van der Waals surface area contributed by atoms with Crippen LogP contribution in [0, 0.1) is 6.92 Å². The third-order valence-electron chi connectivity index (χ3n) is 3.00. The fourth-order valence-electron chi connectivity index (χ4n) is 2.05. The van der Waals surface area contributed by atoms with Crippen molar-refractivity contribution in [2.75, 3.05) is 6.61 Å². The Morgan fingerprint density at radius 2 is 2.05 bits per heavy atom. The molecule has 3 aromatic rings. The lowest BCUT2D eigenvalue weighted by Crippen LogP contribution is -2.00. The monoisotopic (exact) mass is 284 g/mol. The van der Waals surface area contributed by atoms with Gasteiger partial charge in [0, 0.05) is 11.6 Å². The van der Waals surface area contributed by atoms with Crippen LogP contribution >= 0.6 is 0 Å². The summed E-state index contributed by atoms with van der Waals surface area (Å²) in [4.78, 5) is 0. The Kier molecular flexibility index (Phi) is 3.68. The maximum absolute atomic E-state index is 5.42. The normalized spacial score (nSPS) is 10.8. The number of benzene rings is 1. The second-order valence-electron chi connectivity index (χ2n) is 4.69. The van der Waals surface area contributed by atoms with Crippen LogP contribution in [0.1, 0.15) is 18.4 Å². The molecule has 21 heavy (non-hydrogen) atoms. The smallest absolute Gasteiger partial charge is 0.133 e. The van der Waals surface area contributed by atoms with Crippen LogP contribution in [0.5, 0.6) is 5.75 Å². The Morgan fingerprint density at radius 1 is 1.24 bits per heavy atom. The minimum absolute atomic E-state index is 0.543. The van der Waals surface area contributed by atoms with Gasteiger partial charge in [0.2, 0.25) is 0 Å². The van der Waals surface area contributed by atoms with Gasteiger partial charge in [-0.05, 0) is 38.1 Å². The zero-order chi connectivity index (χ0) is 14.7. The number of hydrogen-bond acceptors (Lipinski definition) is 5. The molecule has 2 aromatic heterocycles. The molecule has 6 heteroatoms. The molecule has 0 aliphatic rings. The van der Waals surface area contributed by atoms with E-state index in [1.807, 2.05) is 50.4 Å². The molecule has 6 nitrogen and oxygen atoms in total. The van der Waals surface area contributed by atoms with Gasteiger partial charge in [0.15, 0.2) is 0 Å². The summed E-state index contributed by atoms with van der Waals surface area (Å²) in [6, 6.07) is 9.69. The summed E-state index contributed by atoms with van der Waals surface area (Å²) < 4.78 is 12.2. The lowest BCUT2D eigenvalue weighted by Gasteiger charge is -2.02. The molecule has 0 aliphatic carbocycles. The zero-order valence-electron chi connectivity index (χ0n) is 12.0. The van der Waals surface area contributed by atoms with Crippen molar-refractivity contribution < 1.29 is 9.26 Å². The molecular weight excluding hydrogens is 268 g/mol. The zero-order valence-corrected chi connectivity index (χ0v) is 12.0. The highest BCUT2D eigenvalue weighted by Gasteiger charge is 2.07. The number of aryl methyl sites for hydroxylation is 1. The molecule has 0 spiro atoms. The molecule has 0 fully saturated rings. The first-order valence-corrected chi connectivity index (χ1v) is 6.80. The average Bonchev–Trinajstić information content (AvgIpc) is 3.10. The van der Waals surface area contributed by atoms with E-state index in [1.54, 1.807) is 4.68 Å². The van der Waals surface area contributed by atoms with Crippen LogP contribution in [-0.4, -0.2) is 26.8 Å². The lowest BCUT2D eigenvalue weighted by atomic mass is 10.2. The SMILES string of the molecule is CCOc1ccc(-c2cn(Cc3cc(C)on3)nn2)cc1. The predicted octanol–water partition coefficient (Wildman–Crippen LogP) is 2.69. The van der Waals surface area contributed by atoms with Crippen molar-refractivity contribution in [1.82, 2.24) is 20.2 Å². The van der Waals surface area contributed by atoms with Crippen LogP contribution in [0.3, 0.4) is 0 Å². The van der Waals surface area contributed by atoms with Crippen LogP contribution in [0.15, 0.2) is 41.1 Å². The fraction of sp³-hybridized carbons (Fsp3) is 0.267. The molecule has 0 saturated carbocycles. The number of aromatic nitrogens is 4. The number of ether oxygens (including phenoxy) is 1. The van der Waals surface area contributed by atoms with Crippen molar-refractivity contribution >= 4 is 0 Å². The quantitative estimate of drug-likeness (QED) is 0.720. The van der Waals surface area contributed by atoms with E-state index in [-0.39, 0.29) is 0 Å². The number of hydrogen-bond donors (Lipinski definition) is 0. The molecule has 1 aromatic carbocycles. The Bertz CT molecular complexity index is 715. The highest BCUT2D eigenvalue weighted by Crippen LogP contribution is 2.20. The van der Waals surface area contributed by atoms with E-state index in [0.717, 1.165) is 28.5 Å². The molecule has 3 rings (SSSR count). The first kappa shape index (κ1) is 13.4. The van der Waals surface area contributed by atoms with Gasteiger partial charge in [-0.25, -0.2) is 4.68 Å². The standard InChI is InChI=1S/C15H16N4O2/c1-3-20-14-6-4-12(5-7-14)15-10-19(18-16-15)9-13-8-11(2)21-17-13/h4-8,10H,3,9H2,1-2H3. The third-order valence-corrected chi connectivity index (χ3v) is 3.00. The molecule has 0 unspecified atom stereocenters. The van der Waals surface area contributed by atoms with Crippen molar-refractivity contribution in [3.05, 3.63) is 48.0 Å². The van der Waals surface area contributed by atoms with Crippen molar-refractivity contribution in [2.24, 2.45) is 0 Å². The Morgan fingerprint density at radius 3 is 2.71 bits per heavy atom. The van der Waals surface area contributed by atoms with E-state index in [4.69, 9.17) is 9.26 Å². The van der Waals surface area contributed by atoms with Gasteiger partial charge in [-0.2, -0.15) is 0 Å². The summed E-state index contributed by atoms with van der Waals surface area (Å²) in [5.41, 5.74) is 2.65. The van der Waals surface area contributed by atoms with E-state index in [1.165, 1.54) is 0 Å². The molecule has 0 N–H and O–H groups in total. The van der Waals surface area contributed by atoms with Gasteiger partial charge in [0.05, 0.1) is 19.3 Å². The van der Waals surface area contributed by atoms with Crippen LogP contribution in [0.25, 0.3) is 11.3 Å². The van der Waals surface area contributed by atoms with Gasteiger partial charge in [0.25, 0.3) is 0 Å². The van der Waals surface area contributed by atoms with Gasteiger partial charge in [-0.1, -0.05) is 10.4 Å². The highest BCUT2D eigenvalue weighted by molar-refractivity contribution is 5.58. The summed E-state index contributed by atoms with van der Waals surface area (Å²) in [6.45, 7) is 5.03. The van der Waals surface area contributed by atoms with Gasteiger partial charge in [-0.15, -0.1) is 5.10 Å². The van der Waals surface area contributed by atoms with Crippen LogP contribution < -0.4 is 4.74 Å². The van der Waals surface area contributed by atoms with Gasteiger partial charge < -0.3 is 9.26 Å². The fourth-order valence-corrected chi connectivity index (χ4v) is 2.05. The highest BCUT2D eigenvalue weighted by atomic mass is 16.5. The first-order valence-electron chi connectivity index (χ1n) is 6.80. The van der Waals surface area contributed by atoms with Gasteiger partial charge in [-0.3, -0.25) is 0 Å². The topological polar surface area (TPSA) is 66.0 Å². The number of rotatable bonds is 5. The maximum atomic E-state index is 5.42. The molecule has 0 bridgehead atoms. The Balaban J connectivity index is 1.74. The third kappa shape index (κ3) is 3.10. The predicted molar refractivity (Wildman–Crippen MR) is 77.0 cm³/mol. The summed E-state index contributed by atoms with van der Waals surface area (Å²) in [5, 5.41) is 12.2. The summed E-state index contributed by atoms with van der Waals surface area (Å²) in [7, 11) is 0. The molecule has 108 valence electrons. The molecule has 2 heterocycles. The van der Waals surface area contributed by atoms with Crippen molar-refractivity contribution in [1.29, 1.82) is 0 Å². The van der Waals surface area contributed by atoms with Crippen molar-refractivity contribution in [2.45, 2.75) is 20.4 Å². The Hall–Kier alpha value is -2.63. The minimum atomic E-state index is 0.543. The molecule has 0 radical (unpaired) electrons. The van der Waals surface area contributed by atoms with Gasteiger partial charge in [0.1, 0.15) is 22.9 Å². The summed E-state index contributed by atoms with van der Waals surface area (Å²) >= 11 is 0. The maximum Gasteiger partial charge on any atom is 0.133 e. The molecular formula is C15H16N4O2. The van der Waals surface area contributed by atoms with Crippen LogP contribution in [0.4, 0.5) is 0 Å². The largest absolute Gasteiger partial charge is 0.494 e. The second-order valence-corrected chi connectivity index (χ2v) is 4.69. The van der Waals surface area contributed by atoms with E-state index in [9.17, 15) is 0 Å². The van der Waals surface area contributed by atoms with Crippen LogP contribution in [-0.2, 0) is 6.54 Å². The first-order chi connectivity index (χ1) is 10.2. The van der Waals surface area contributed by atoms with Crippen molar-refractivity contribution in [3.63, 3.8) is 0 Å². The van der Waals surface area contributed by atoms with Crippen molar-refractivity contribution in [3.8, 4) is 17.0 Å². The van der Waals surface area contributed by atoms with E-state index in [0.29, 0.717) is 13.2 Å². The Labute approximate surface area is 122 Å². The average molecular weight is 284 g/mol.